The van der Waals surface area contributed by atoms with E-state index in [9.17, 15) is 4.79 Å². The molecule has 0 aromatic heterocycles. The van der Waals surface area contributed by atoms with Crippen LogP contribution in [-0.4, -0.2) is 30.4 Å². The van der Waals surface area contributed by atoms with Crippen LogP contribution in [-0.2, 0) is 4.79 Å². The normalized spacial score (nSPS) is 19.5. The average molecular weight is 260 g/mol. The number of amides is 1. The fourth-order valence-corrected chi connectivity index (χ4v) is 2.71. The molecule has 1 aromatic rings. The molecule has 1 fully saturated rings. The van der Waals surface area contributed by atoms with Crippen LogP contribution >= 0.6 is 0 Å². The maximum absolute atomic E-state index is 11.9. The maximum Gasteiger partial charge on any atom is 0.234 e. The van der Waals surface area contributed by atoms with E-state index in [1.165, 1.54) is 12.0 Å². The Morgan fingerprint density at radius 1 is 1.37 bits per heavy atom. The van der Waals surface area contributed by atoms with Crippen LogP contribution in [0.2, 0.25) is 0 Å². The third-order valence-corrected chi connectivity index (χ3v) is 3.75. The van der Waals surface area contributed by atoms with E-state index in [1.807, 2.05) is 6.07 Å². The van der Waals surface area contributed by atoms with E-state index in [4.69, 9.17) is 0 Å². The number of hydrogen-bond donors (Lipinski definition) is 1. The SMILES string of the molecule is CCCCNC(=O)CN1CCCC1c1ccccc1. The van der Waals surface area contributed by atoms with Crippen molar-refractivity contribution in [2.75, 3.05) is 19.6 Å². The molecular weight excluding hydrogens is 236 g/mol. The van der Waals surface area contributed by atoms with E-state index >= 15 is 0 Å². The van der Waals surface area contributed by atoms with Crippen LogP contribution in [0.1, 0.15) is 44.2 Å². The molecule has 1 saturated heterocycles. The molecule has 0 saturated carbocycles. The summed E-state index contributed by atoms with van der Waals surface area (Å²) in [6.07, 6.45) is 4.53. The van der Waals surface area contributed by atoms with Gasteiger partial charge in [-0.15, -0.1) is 0 Å². The van der Waals surface area contributed by atoms with Gasteiger partial charge in [-0.1, -0.05) is 43.7 Å². The van der Waals surface area contributed by atoms with Crippen LogP contribution in [0.25, 0.3) is 0 Å². The Kier molecular flexibility index (Phi) is 5.40. The third-order valence-electron chi connectivity index (χ3n) is 3.75. The lowest BCUT2D eigenvalue weighted by Gasteiger charge is -2.24. The standard InChI is InChI=1S/C16H24N2O/c1-2-3-11-17-16(19)13-18-12-7-10-15(18)14-8-5-4-6-9-14/h4-6,8-9,15H,2-3,7,10-13H2,1H3,(H,17,19). The lowest BCUT2D eigenvalue weighted by molar-refractivity contribution is -0.122. The number of likely N-dealkylation sites (tertiary alicyclic amines) is 1. The van der Waals surface area contributed by atoms with Crippen molar-refractivity contribution in [3.63, 3.8) is 0 Å². The van der Waals surface area contributed by atoms with Gasteiger partial charge in [-0.25, -0.2) is 0 Å². The first-order valence-electron chi connectivity index (χ1n) is 7.37. The summed E-state index contributed by atoms with van der Waals surface area (Å²) in [6, 6.07) is 10.9. The van der Waals surface area contributed by atoms with E-state index in [2.05, 4.69) is 41.4 Å². The van der Waals surface area contributed by atoms with Crippen molar-refractivity contribution in [2.24, 2.45) is 0 Å². The van der Waals surface area contributed by atoms with Gasteiger partial charge in [-0.3, -0.25) is 9.69 Å². The van der Waals surface area contributed by atoms with Gasteiger partial charge in [-0.05, 0) is 31.4 Å². The number of nitrogens with one attached hydrogen (secondary N) is 1. The first-order valence-corrected chi connectivity index (χ1v) is 7.37. The van der Waals surface area contributed by atoms with Gasteiger partial charge >= 0.3 is 0 Å². The smallest absolute Gasteiger partial charge is 0.234 e. The molecule has 1 amide bonds. The number of rotatable bonds is 6. The molecule has 2 rings (SSSR count). The highest BCUT2D eigenvalue weighted by Crippen LogP contribution is 2.31. The molecule has 0 spiro atoms. The summed E-state index contributed by atoms with van der Waals surface area (Å²) < 4.78 is 0. The van der Waals surface area contributed by atoms with E-state index in [-0.39, 0.29) is 5.91 Å². The van der Waals surface area contributed by atoms with Gasteiger partial charge in [-0.2, -0.15) is 0 Å². The molecule has 3 nitrogen and oxygen atoms in total. The molecule has 0 aliphatic carbocycles. The van der Waals surface area contributed by atoms with Crippen molar-refractivity contribution in [3.05, 3.63) is 35.9 Å². The first-order chi connectivity index (χ1) is 9.31. The molecule has 3 heteroatoms. The minimum Gasteiger partial charge on any atom is -0.355 e. The van der Waals surface area contributed by atoms with Gasteiger partial charge in [0.1, 0.15) is 0 Å². The molecule has 1 N–H and O–H groups in total. The zero-order valence-electron chi connectivity index (χ0n) is 11.8. The van der Waals surface area contributed by atoms with Crippen LogP contribution < -0.4 is 5.32 Å². The van der Waals surface area contributed by atoms with Gasteiger partial charge in [0, 0.05) is 12.6 Å². The van der Waals surface area contributed by atoms with E-state index < -0.39 is 0 Å². The van der Waals surface area contributed by atoms with Crippen molar-refractivity contribution < 1.29 is 4.79 Å². The van der Waals surface area contributed by atoms with Crippen molar-refractivity contribution in [1.82, 2.24) is 10.2 Å². The summed E-state index contributed by atoms with van der Waals surface area (Å²) in [6.45, 7) is 4.50. The predicted molar refractivity (Wildman–Crippen MR) is 77.9 cm³/mol. The molecular formula is C16H24N2O. The van der Waals surface area contributed by atoms with Crippen molar-refractivity contribution in [2.45, 2.75) is 38.6 Å². The second-order valence-electron chi connectivity index (χ2n) is 5.24. The summed E-state index contributed by atoms with van der Waals surface area (Å²) in [7, 11) is 0. The van der Waals surface area contributed by atoms with Crippen LogP contribution in [0.4, 0.5) is 0 Å². The zero-order valence-corrected chi connectivity index (χ0v) is 11.8. The Bertz CT molecular complexity index is 391. The Morgan fingerprint density at radius 2 is 2.16 bits per heavy atom. The Balaban J connectivity index is 1.87. The van der Waals surface area contributed by atoms with Crippen molar-refractivity contribution >= 4 is 5.91 Å². The molecule has 19 heavy (non-hydrogen) atoms. The summed E-state index contributed by atoms with van der Waals surface area (Å²) in [4.78, 5) is 14.2. The molecule has 1 aliphatic heterocycles. The summed E-state index contributed by atoms with van der Waals surface area (Å²) in [5.41, 5.74) is 1.33. The lowest BCUT2D eigenvalue weighted by Crippen LogP contribution is -2.37. The highest BCUT2D eigenvalue weighted by molar-refractivity contribution is 5.78. The summed E-state index contributed by atoms with van der Waals surface area (Å²) in [5.74, 6) is 0.163. The Labute approximate surface area is 116 Å². The van der Waals surface area contributed by atoms with Gasteiger partial charge in [0.25, 0.3) is 0 Å². The van der Waals surface area contributed by atoms with Gasteiger partial charge in [0.2, 0.25) is 5.91 Å². The summed E-state index contributed by atoms with van der Waals surface area (Å²) >= 11 is 0. The Hall–Kier alpha value is -1.35. The van der Waals surface area contributed by atoms with Crippen LogP contribution in [0.5, 0.6) is 0 Å². The second kappa shape index (κ2) is 7.29. The monoisotopic (exact) mass is 260 g/mol. The average Bonchev–Trinajstić information content (AvgIpc) is 2.88. The third kappa shape index (κ3) is 4.06. The van der Waals surface area contributed by atoms with Crippen molar-refractivity contribution in [1.29, 1.82) is 0 Å². The molecule has 0 bridgehead atoms. The quantitative estimate of drug-likeness (QED) is 0.798. The van der Waals surface area contributed by atoms with E-state index in [0.29, 0.717) is 12.6 Å². The largest absolute Gasteiger partial charge is 0.355 e. The fraction of sp³-hybridized carbons (Fsp3) is 0.562. The highest BCUT2D eigenvalue weighted by atomic mass is 16.2. The fourth-order valence-electron chi connectivity index (χ4n) is 2.71. The number of benzene rings is 1. The minimum absolute atomic E-state index is 0.163. The molecule has 104 valence electrons. The molecule has 1 atom stereocenters. The molecule has 0 radical (unpaired) electrons. The predicted octanol–water partition coefficient (Wildman–Crippen LogP) is 2.74. The Morgan fingerprint density at radius 3 is 2.89 bits per heavy atom. The van der Waals surface area contributed by atoms with Crippen LogP contribution in [0, 0.1) is 0 Å². The minimum atomic E-state index is 0.163. The molecule has 1 aliphatic rings. The zero-order chi connectivity index (χ0) is 13.5. The molecule has 1 unspecified atom stereocenters. The molecule has 1 heterocycles. The number of hydrogen-bond acceptors (Lipinski definition) is 2. The van der Waals surface area contributed by atoms with Gasteiger partial charge in [0.15, 0.2) is 0 Å². The molecule has 1 aromatic carbocycles. The van der Waals surface area contributed by atoms with Crippen molar-refractivity contribution in [3.8, 4) is 0 Å². The summed E-state index contributed by atoms with van der Waals surface area (Å²) in [5, 5.41) is 3.00. The topological polar surface area (TPSA) is 32.3 Å². The second-order valence-corrected chi connectivity index (χ2v) is 5.24. The number of unbranched alkanes of at least 4 members (excludes halogenated alkanes) is 1. The highest BCUT2D eigenvalue weighted by Gasteiger charge is 2.27. The number of carbonyl (C=O) groups is 1. The number of carbonyl (C=O) groups excluding carboxylic acids is 1. The van der Waals surface area contributed by atoms with E-state index in [1.54, 1.807) is 0 Å². The van der Waals surface area contributed by atoms with Gasteiger partial charge < -0.3 is 5.32 Å². The van der Waals surface area contributed by atoms with Gasteiger partial charge in [0.05, 0.1) is 6.54 Å². The lowest BCUT2D eigenvalue weighted by atomic mass is 10.0. The van der Waals surface area contributed by atoms with Crippen LogP contribution in [0.3, 0.4) is 0 Å². The first kappa shape index (κ1) is 14.1. The maximum atomic E-state index is 11.9. The number of nitrogens with zero attached hydrogens (tertiary/aromatic N) is 1. The van der Waals surface area contributed by atoms with E-state index in [0.717, 1.165) is 32.4 Å². The van der Waals surface area contributed by atoms with Crippen LogP contribution in [0.15, 0.2) is 30.3 Å².